The van der Waals surface area contributed by atoms with Crippen LogP contribution in [0.25, 0.3) is 0 Å². The molecule has 0 saturated heterocycles. The van der Waals surface area contributed by atoms with Crippen molar-refractivity contribution in [2.45, 2.75) is 51.4 Å². The Bertz CT molecular complexity index is 1230. The smallest absolute Gasteiger partial charge is 0.355 e. The van der Waals surface area contributed by atoms with Gasteiger partial charge in [0, 0.05) is 42.4 Å². The third kappa shape index (κ3) is 5.55. The number of halogens is 6. The summed E-state index contributed by atoms with van der Waals surface area (Å²) in [7, 11) is 0. The normalized spacial score (nSPS) is 14.9. The molecule has 0 aliphatic carbocycles. The number of anilines is 3. The lowest BCUT2D eigenvalue weighted by Gasteiger charge is -2.24. The maximum absolute atomic E-state index is 13.6. The minimum Gasteiger partial charge on any atom is -0.355 e. The fraction of sp³-hybridized carbons (Fsp3) is 0.400. The average molecular weight is 509 g/mol. The molecule has 0 bridgehead atoms. The van der Waals surface area contributed by atoms with Crippen molar-refractivity contribution in [2.24, 2.45) is 0 Å². The van der Waals surface area contributed by atoms with Crippen LogP contribution in [0.4, 0.5) is 43.7 Å². The monoisotopic (exact) mass is 509 g/mol. The molecule has 0 fully saturated rings. The fourth-order valence-corrected chi connectivity index (χ4v) is 4.00. The lowest BCUT2D eigenvalue weighted by molar-refractivity contribution is -0.138. The van der Waals surface area contributed by atoms with E-state index in [2.05, 4.69) is 15.3 Å². The van der Waals surface area contributed by atoms with Crippen LogP contribution in [0.3, 0.4) is 0 Å². The number of aromatic nitrogens is 3. The van der Waals surface area contributed by atoms with Crippen molar-refractivity contribution in [2.75, 3.05) is 23.3 Å². The van der Waals surface area contributed by atoms with Gasteiger partial charge in [-0.05, 0) is 42.8 Å². The standard InChI is InChI=1S/C25H25F6N5/c1-23(2,3)22-34-19-11-14-36(21-18(25(29,30)31)5-4-12-32-21)13-10-17(19)20(35-22)33-16-8-6-15(7-9-16)24(26,27)28/h4-9,12H,10-11,13-14H2,1-3H3,(H,33,34,35). The average Bonchev–Trinajstić information content (AvgIpc) is 3.00. The minimum absolute atomic E-state index is 0.140. The van der Waals surface area contributed by atoms with Gasteiger partial charge in [-0.1, -0.05) is 20.8 Å². The lowest BCUT2D eigenvalue weighted by atomic mass is 9.95. The quantitative estimate of drug-likeness (QED) is 0.406. The third-order valence-electron chi connectivity index (χ3n) is 5.88. The maximum atomic E-state index is 13.6. The molecule has 5 nitrogen and oxygen atoms in total. The van der Waals surface area contributed by atoms with E-state index in [1.807, 2.05) is 20.8 Å². The predicted molar refractivity (Wildman–Crippen MR) is 124 cm³/mol. The van der Waals surface area contributed by atoms with Crippen molar-refractivity contribution in [3.05, 3.63) is 70.8 Å². The number of nitrogens with zero attached hydrogens (tertiary/aromatic N) is 4. The Morgan fingerprint density at radius 2 is 1.50 bits per heavy atom. The van der Waals surface area contributed by atoms with Crippen molar-refractivity contribution in [1.82, 2.24) is 15.0 Å². The van der Waals surface area contributed by atoms with Gasteiger partial charge < -0.3 is 10.2 Å². The molecule has 192 valence electrons. The summed E-state index contributed by atoms with van der Waals surface area (Å²) in [6.45, 7) is 6.32. The molecule has 4 rings (SSSR count). The molecular weight excluding hydrogens is 484 g/mol. The van der Waals surface area contributed by atoms with Gasteiger partial charge in [0.2, 0.25) is 0 Å². The zero-order valence-electron chi connectivity index (χ0n) is 19.9. The molecular formula is C25H25F6N5. The molecule has 0 atom stereocenters. The van der Waals surface area contributed by atoms with Crippen LogP contribution in [0.15, 0.2) is 42.6 Å². The Labute approximate surface area is 204 Å². The van der Waals surface area contributed by atoms with Crippen molar-refractivity contribution in [3.8, 4) is 0 Å². The number of fused-ring (bicyclic) bond motifs is 1. The van der Waals surface area contributed by atoms with E-state index in [1.165, 1.54) is 24.4 Å². The Morgan fingerprint density at radius 1 is 0.833 bits per heavy atom. The number of hydrogen-bond acceptors (Lipinski definition) is 5. The number of benzene rings is 1. The first-order valence-corrected chi connectivity index (χ1v) is 11.4. The second-order valence-corrected chi connectivity index (χ2v) is 9.63. The molecule has 2 aromatic heterocycles. The predicted octanol–water partition coefficient (Wildman–Crippen LogP) is 6.56. The number of rotatable bonds is 3. The zero-order chi connectivity index (χ0) is 26.3. The first kappa shape index (κ1) is 25.7. The summed E-state index contributed by atoms with van der Waals surface area (Å²) < 4.78 is 79.6. The zero-order valence-corrected chi connectivity index (χ0v) is 19.9. The van der Waals surface area contributed by atoms with Crippen molar-refractivity contribution < 1.29 is 26.3 Å². The van der Waals surface area contributed by atoms with Crippen LogP contribution < -0.4 is 10.2 Å². The minimum atomic E-state index is -4.54. The summed E-state index contributed by atoms with van der Waals surface area (Å²) in [5, 5.41) is 3.11. The van der Waals surface area contributed by atoms with Gasteiger partial charge in [-0.15, -0.1) is 0 Å². The van der Waals surface area contributed by atoms with E-state index in [-0.39, 0.29) is 18.9 Å². The van der Waals surface area contributed by atoms with Gasteiger partial charge in [0.15, 0.2) is 0 Å². The van der Waals surface area contributed by atoms with E-state index in [1.54, 1.807) is 4.90 Å². The highest BCUT2D eigenvalue weighted by atomic mass is 19.4. The summed E-state index contributed by atoms with van der Waals surface area (Å²) in [6, 6.07) is 6.87. The molecule has 3 heterocycles. The van der Waals surface area contributed by atoms with Crippen molar-refractivity contribution >= 4 is 17.3 Å². The van der Waals surface area contributed by atoms with Crippen LogP contribution in [0.5, 0.6) is 0 Å². The topological polar surface area (TPSA) is 53.9 Å². The number of nitrogens with one attached hydrogen (secondary N) is 1. The summed E-state index contributed by atoms with van der Waals surface area (Å²) >= 11 is 0. The highest BCUT2D eigenvalue weighted by Gasteiger charge is 2.36. The molecule has 0 amide bonds. The number of pyridine rings is 1. The molecule has 0 spiro atoms. The fourth-order valence-electron chi connectivity index (χ4n) is 4.00. The SMILES string of the molecule is CC(C)(C)c1nc2c(c(Nc3ccc(C(F)(F)F)cc3)n1)CCN(c1ncccc1C(F)(F)F)CC2. The molecule has 0 saturated carbocycles. The van der Waals surface area contributed by atoms with Gasteiger partial charge in [0.05, 0.1) is 16.8 Å². The van der Waals surface area contributed by atoms with Crippen LogP contribution in [0, 0.1) is 0 Å². The first-order chi connectivity index (χ1) is 16.7. The van der Waals surface area contributed by atoms with E-state index >= 15 is 0 Å². The van der Waals surface area contributed by atoms with E-state index in [0.717, 1.165) is 23.8 Å². The highest BCUT2D eigenvalue weighted by Crippen LogP contribution is 2.37. The van der Waals surface area contributed by atoms with Crippen LogP contribution >= 0.6 is 0 Å². The Hall–Kier alpha value is -3.37. The molecule has 1 aliphatic rings. The van der Waals surface area contributed by atoms with Crippen LogP contribution in [-0.2, 0) is 30.6 Å². The first-order valence-electron chi connectivity index (χ1n) is 11.4. The van der Waals surface area contributed by atoms with Crippen LogP contribution in [0.1, 0.15) is 49.0 Å². The largest absolute Gasteiger partial charge is 0.419 e. The molecule has 3 aromatic rings. The van der Waals surface area contributed by atoms with E-state index in [0.29, 0.717) is 35.9 Å². The van der Waals surface area contributed by atoms with Gasteiger partial charge in [0.1, 0.15) is 17.5 Å². The van der Waals surface area contributed by atoms with E-state index in [4.69, 9.17) is 4.98 Å². The maximum Gasteiger partial charge on any atom is 0.419 e. The van der Waals surface area contributed by atoms with Gasteiger partial charge in [-0.2, -0.15) is 26.3 Å². The second kappa shape index (κ2) is 9.25. The highest BCUT2D eigenvalue weighted by molar-refractivity contribution is 5.62. The molecule has 1 aromatic carbocycles. The third-order valence-corrected chi connectivity index (χ3v) is 5.88. The lowest BCUT2D eigenvalue weighted by Crippen LogP contribution is -2.29. The molecule has 11 heteroatoms. The summed E-state index contributed by atoms with van der Waals surface area (Å²) in [5.41, 5.74) is -0.181. The van der Waals surface area contributed by atoms with Crippen molar-refractivity contribution in [1.29, 1.82) is 0 Å². The summed E-state index contributed by atoms with van der Waals surface area (Å²) in [4.78, 5) is 15.0. The van der Waals surface area contributed by atoms with Crippen LogP contribution in [0.2, 0.25) is 0 Å². The number of hydrogen-bond donors (Lipinski definition) is 1. The second-order valence-electron chi connectivity index (χ2n) is 9.63. The molecule has 0 unspecified atom stereocenters. The Kier molecular flexibility index (Phi) is 6.61. The summed E-state index contributed by atoms with van der Waals surface area (Å²) in [5.74, 6) is 0.820. The molecule has 1 N–H and O–H groups in total. The number of alkyl halides is 6. The van der Waals surface area contributed by atoms with Gasteiger partial charge in [-0.3, -0.25) is 0 Å². The Morgan fingerprint density at radius 3 is 2.11 bits per heavy atom. The molecule has 36 heavy (non-hydrogen) atoms. The Balaban J connectivity index is 1.69. The van der Waals surface area contributed by atoms with E-state index < -0.39 is 28.9 Å². The van der Waals surface area contributed by atoms with Crippen molar-refractivity contribution in [3.63, 3.8) is 0 Å². The van der Waals surface area contributed by atoms with Gasteiger partial charge in [-0.25, -0.2) is 15.0 Å². The van der Waals surface area contributed by atoms with E-state index in [9.17, 15) is 26.3 Å². The molecule has 1 aliphatic heterocycles. The van der Waals surface area contributed by atoms with Gasteiger partial charge >= 0.3 is 12.4 Å². The summed E-state index contributed by atoms with van der Waals surface area (Å²) in [6.07, 6.45) is -6.98. The van der Waals surface area contributed by atoms with Crippen LogP contribution in [-0.4, -0.2) is 28.0 Å². The molecule has 0 radical (unpaired) electrons. The van der Waals surface area contributed by atoms with Gasteiger partial charge in [0.25, 0.3) is 0 Å².